The van der Waals surface area contributed by atoms with Gasteiger partial charge in [-0.3, -0.25) is 0 Å². The van der Waals surface area contributed by atoms with Crippen molar-refractivity contribution in [2.45, 2.75) is 6.92 Å². The molecule has 0 fully saturated rings. The molecule has 0 spiro atoms. The zero-order valence-electron chi connectivity index (χ0n) is 8.40. The Hall–Kier alpha value is -0.810. The van der Waals surface area contributed by atoms with Crippen molar-refractivity contribution in [1.82, 2.24) is 4.98 Å². The van der Waals surface area contributed by atoms with E-state index in [1.807, 2.05) is 0 Å². The lowest BCUT2D eigenvalue weighted by molar-refractivity contribution is 0.597. The first-order valence-electron chi connectivity index (χ1n) is 4.59. The van der Waals surface area contributed by atoms with Gasteiger partial charge in [-0.25, -0.2) is 13.4 Å². The van der Waals surface area contributed by atoms with Gasteiger partial charge in [0.05, 0.1) is 5.75 Å². The first-order valence-corrected chi connectivity index (χ1v) is 6.79. The molecule has 84 valence electrons. The Labute approximate surface area is 94.6 Å². The maximum absolute atomic E-state index is 11.2. The lowest BCUT2D eigenvalue weighted by atomic mass is 10.4. The molecule has 0 aliphatic rings. The van der Waals surface area contributed by atoms with Crippen molar-refractivity contribution in [3.05, 3.63) is 23.5 Å². The van der Waals surface area contributed by atoms with Gasteiger partial charge in [-0.2, -0.15) is 0 Å². The quantitative estimate of drug-likeness (QED) is 0.804. The van der Waals surface area contributed by atoms with E-state index in [0.29, 0.717) is 11.7 Å². The van der Waals surface area contributed by atoms with Crippen LogP contribution in [0.25, 0.3) is 0 Å². The average molecular weight is 249 g/mol. The maximum Gasteiger partial charge on any atom is 0.151 e. The van der Waals surface area contributed by atoms with Gasteiger partial charge < -0.3 is 5.32 Å². The SMILES string of the molecule is CCS(=O)(=O)CCNc1ccnc(Cl)c1. The molecular weight excluding hydrogens is 236 g/mol. The summed E-state index contributed by atoms with van der Waals surface area (Å²) in [5, 5.41) is 3.36. The fourth-order valence-corrected chi connectivity index (χ4v) is 1.88. The second-order valence-corrected chi connectivity index (χ2v) is 5.89. The summed E-state index contributed by atoms with van der Waals surface area (Å²) in [6, 6.07) is 3.39. The highest BCUT2D eigenvalue weighted by Crippen LogP contribution is 2.11. The van der Waals surface area contributed by atoms with Gasteiger partial charge in [0.2, 0.25) is 0 Å². The molecule has 0 unspecified atom stereocenters. The highest BCUT2D eigenvalue weighted by Gasteiger charge is 2.06. The second-order valence-electron chi connectivity index (χ2n) is 3.03. The zero-order valence-corrected chi connectivity index (χ0v) is 9.98. The summed E-state index contributed by atoms with van der Waals surface area (Å²) in [5.74, 6) is 0.301. The number of hydrogen-bond acceptors (Lipinski definition) is 4. The van der Waals surface area contributed by atoms with E-state index < -0.39 is 9.84 Å². The van der Waals surface area contributed by atoms with Crippen LogP contribution in [0.4, 0.5) is 5.69 Å². The van der Waals surface area contributed by atoms with Crippen LogP contribution in [0, 0.1) is 0 Å². The van der Waals surface area contributed by atoms with Gasteiger partial charge in [-0.1, -0.05) is 18.5 Å². The van der Waals surface area contributed by atoms with E-state index in [1.54, 1.807) is 25.3 Å². The monoisotopic (exact) mass is 248 g/mol. The fraction of sp³-hybridized carbons (Fsp3) is 0.444. The molecule has 0 atom stereocenters. The molecule has 1 N–H and O–H groups in total. The fourth-order valence-electron chi connectivity index (χ4n) is 1.01. The van der Waals surface area contributed by atoms with Crippen LogP contribution in [0.3, 0.4) is 0 Å². The number of nitrogens with one attached hydrogen (secondary N) is 1. The molecular formula is C9H13ClN2O2S. The van der Waals surface area contributed by atoms with E-state index >= 15 is 0 Å². The van der Waals surface area contributed by atoms with Crippen LogP contribution >= 0.6 is 11.6 Å². The molecule has 15 heavy (non-hydrogen) atoms. The largest absolute Gasteiger partial charge is 0.384 e. The lowest BCUT2D eigenvalue weighted by Crippen LogP contribution is -2.17. The Kier molecular flexibility index (Phi) is 4.35. The maximum atomic E-state index is 11.2. The zero-order chi connectivity index (χ0) is 11.3. The molecule has 0 bridgehead atoms. The van der Waals surface area contributed by atoms with Gasteiger partial charge >= 0.3 is 0 Å². The van der Waals surface area contributed by atoms with Crippen LogP contribution in [0.15, 0.2) is 18.3 Å². The molecule has 1 aromatic rings. The molecule has 0 amide bonds. The van der Waals surface area contributed by atoms with E-state index in [1.165, 1.54) is 0 Å². The van der Waals surface area contributed by atoms with Gasteiger partial charge in [-0.15, -0.1) is 0 Å². The predicted molar refractivity (Wildman–Crippen MR) is 62.1 cm³/mol. The minimum atomic E-state index is -2.91. The van der Waals surface area contributed by atoms with Crippen molar-refractivity contribution in [2.24, 2.45) is 0 Å². The number of hydrogen-bond donors (Lipinski definition) is 1. The van der Waals surface area contributed by atoms with Crippen LogP contribution in [-0.4, -0.2) is 31.5 Å². The van der Waals surface area contributed by atoms with E-state index in [0.717, 1.165) is 5.69 Å². The molecule has 1 aromatic heterocycles. The summed E-state index contributed by atoms with van der Waals surface area (Å²) in [5.41, 5.74) is 0.779. The van der Waals surface area contributed by atoms with Crippen LogP contribution in [0.5, 0.6) is 0 Å². The standard InChI is InChI=1S/C9H13ClN2O2S/c1-2-15(13,14)6-5-11-8-3-4-12-9(10)7-8/h3-4,7H,2,5-6H2,1H3,(H,11,12). The van der Waals surface area contributed by atoms with Crippen LogP contribution in [0.2, 0.25) is 5.15 Å². The smallest absolute Gasteiger partial charge is 0.151 e. The highest BCUT2D eigenvalue weighted by atomic mass is 35.5. The molecule has 6 heteroatoms. The molecule has 1 heterocycles. The molecule has 1 rings (SSSR count). The number of pyridine rings is 1. The Bertz CT molecular complexity index is 420. The summed E-state index contributed by atoms with van der Waals surface area (Å²) in [4.78, 5) is 3.82. The Morgan fingerprint density at radius 2 is 2.27 bits per heavy atom. The van der Waals surface area contributed by atoms with Gasteiger partial charge in [0.15, 0.2) is 9.84 Å². The van der Waals surface area contributed by atoms with Gasteiger partial charge in [0, 0.05) is 24.2 Å². The highest BCUT2D eigenvalue weighted by molar-refractivity contribution is 7.91. The molecule has 0 aromatic carbocycles. The van der Waals surface area contributed by atoms with Crippen molar-refractivity contribution < 1.29 is 8.42 Å². The summed E-state index contributed by atoms with van der Waals surface area (Å²) in [6.45, 7) is 2.02. The van der Waals surface area contributed by atoms with Gasteiger partial charge in [0.25, 0.3) is 0 Å². The number of halogens is 1. The van der Waals surface area contributed by atoms with Crippen molar-refractivity contribution >= 4 is 27.1 Å². The van der Waals surface area contributed by atoms with Crippen molar-refractivity contribution in [2.75, 3.05) is 23.4 Å². The number of nitrogens with zero attached hydrogens (tertiary/aromatic N) is 1. The third-order valence-corrected chi connectivity index (χ3v) is 3.82. The van der Waals surface area contributed by atoms with E-state index in [4.69, 9.17) is 11.6 Å². The topological polar surface area (TPSA) is 59.1 Å². The number of anilines is 1. The molecule has 0 aliphatic carbocycles. The minimum absolute atomic E-state index is 0.128. The Morgan fingerprint density at radius 1 is 1.53 bits per heavy atom. The average Bonchev–Trinajstić information content (AvgIpc) is 2.18. The molecule has 0 saturated carbocycles. The molecule has 0 radical (unpaired) electrons. The molecule has 0 saturated heterocycles. The normalized spacial score (nSPS) is 11.3. The summed E-state index contributed by atoms with van der Waals surface area (Å²) in [7, 11) is -2.91. The Balaban J connectivity index is 2.45. The lowest BCUT2D eigenvalue weighted by Gasteiger charge is -2.05. The van der Waals surface area contributed by atoms with Gasteiger partial charge in [0.1, 0.15) is 5.15 Å². The predicted octanol–water partition coefficient (Wildman–Crippen LogP) is 1.58. The number of aromatic nitrogens is 1. The van der Waals surface area contributed by atoms with Crippen molar-refractivity contribution in [3.8, 4) is 0 Å². The van der Waals surface area contributed by atoms with Crippen molar-refractivity contribution in [1.29, 1.82) is 0 Å². The second kappa shape index (κ2) is 5.32. The van der Waals surface area contributed by atoms with Crippen LogP contribution in [-0.2, 0) is 9.84 Å². The minimum Gasteiger partial charge on any atom is -0.384 e. The summed E-state index contributed by atoms with van der Waals surface area (Å²) < 4.78 is 22.4. The van der Waals surface area contributed by atoms with Crippen molar-refractivity contribution in [3.63, 3.8) is 0 Å². The van der Waals surface area contributed by atoms with Crippen LogP contribution in [0.1, 0.15) is 6.92 Å². The first-order chi connectivity index (χ1) is 7.03. The summed E-state index contributed by atoms with van der Waals surface area (Å²) >= 11 is 5.67. The Morgan fingerprint density at radius 3 is 2.87 bits per heavy atom. The van der Waals surface area contributed by atoms with Crippen LogP contribution < -0.4 is 5.32 Å². The van der Waals surface area contributed by atoms with Gasteiger partial charge in [-0.05, 0) is 12.1 Å². The van der Waals surface area contributed by atoms with E-state index in [9.17, 15) is 8.42 Å². The third kappa shape index (κ3) is 4.48. The molecule has 4 nitrogen and oxygen atoms in total. The number of sulfone groups is 1. The summed E-state index contributed by atoms with van der Waals surface area (Å²) in [6.07, 6.45) is 1.57. The molecule has 0 aliphatic heterocycles. The van der Waals surface area contributed by atoms with E-state index in [2.05, 4.69) is 10.3 Å². The number of rotatable bonds is 5. The third-order valence-electron chi connectivity index (χ3n) is 1.91. The first kappa shape index (κ1) is 12.3. The van der Waals surface area contributed by atoms with E-state index in [-0.39, 0.29) is 11.5 Å².